The second-order valence-corrected chi connectivity index (χ2v) is 7.19. The smallest absolute Gasteiger partial charge is 0.280 e. The second kappa shape index (κ2) is 8.39. The Bertz CT molecular complexity index is 819. The summed E-state index contributed by atoms with van der Waals surface area (Å²) in [6.45, 7) is 4.30. The Balaban J connectivity index is 1.60. The van der Waals surface area contributed by atoms with Crippen LogP contribution in [0.5, 0.6) is 0 Å². The minimum absolute atomic E-state index is 0.101. The predicted molar refractivity (Wildman–Crippen MR) is 103 cm³/mol. The molecular weight excluding hydrogens is 359 g/mol. The number of benzene rings is 2. The molecule has 2 heterocycles. The van der Waals surface area contributed by atoms with Crippen LogP contribution in [0.15, 0.2) is 48.5 Å². The lowest BCUT2D eigenvalue weighted by molar-refractivity contribution is -0.206. The monoisotopic (exact) mass is 384 g/mol. The number of hydrogen-bond donors (Lipinski definition) is 1. The van der Waals surface area contributed by atoms with Crippen LogP contribution in [0.25, 0.3) is 0 Å². The lowest BCUT2D eigenvalue weighted by Gasteiger charge is -2.40. The number of halogens is 1. The Kier molecular flexibility index (Phi) is 5.71. The SMILES string of the molecule is CCNC1COC(C(=O)N2CCc3ccccc3[C@@H]2c2ccc(F)cc2)OC1. The van der Waals surface area contributed by atoms with Crippen LogP contribution in [0.4, 0.5) is 4.39 Å². The van der Waals surface area contributed by atoms with Crippen molar-refractivity contribution in [2.45, 2.75) is 31.7 Å². The summed E-state index contributed by atoms with van der Waals surface area (Å²) < 4.78 is 24.9. The number of nitrogens with one attached hydrogen (secondary N) is 1. The van der Waals surface area contributed by atoms with Crippen molar-refractivity contribution >= 4 is 5.91 Å². The average molecular weight is 384 g/mol. The maximum atomic E-state index is 13.5. The van der Waals surface area contributed by atoms with Crippen molar-refractivity contribution in [2.75, 3.05) is 26.3 Å². The summed E-state index contributed by atoms with van der Waals surface area (Å²) in [5.41, 5.74) is 3.15. The maximum Gasteiger partial charge on any atom is 0.280 e. The van der Waals surface area contributed by atoms with Crippen LogP contribution in [0.1, 0.15) is 29.7 Å². The van der Waals surface area contributed by atoms with E-state index in [9.17, 15) is 9.18 Å². The summed E-state index contributed by atoms with van der Waals surface area (Å²) in [7, 11) is 0. The van der Waals surface area contributed by atoms with Crippen LogP contribution in [-0.2, 0) is 20.7 Å². The molecule has 28 heavy (non-hydrogen) atoms. The van der Waals surface area contributed by atoms with Crippen LogP contribution >= 0.6 is 0 Å². The van der Waals surface area contributed by atoms with Gasteiger partial charge < -0.3 is 19.7 Å². The molecule has 2 aliphatic rings. The van der Waals surface area contributed by atoms with Gasteiger partial charge in [0.25, 0.3) is 5.91 Å². The van der Waals surface area contributed by atoms with E-state index in [4.69, 9.17) is 9.47 Å². The molecular formula is C22H25FN2O3. The number of carbonyl (C=O) groups excluding carboxylic acids is 1. The number of fused-ring (bicyclic) bond motifs is 1. The number of rotatable bonds is 4. The van der Waals surface area contributed by atoms with Gasteiger partial charge >= 0.3 is 0 Å². The van der Waals surface area contributed by atoms with Gasteiger partial charge in [-0.1, -0.05) is 43.3 Å². The van der Waals surface area contributed by atoms with Gasteiger partial charge in [-0.05, 0) is 41.8 Å². The standard InChI is InChI=1S/C22H25FN2O3/c1-2-24-18-13-27-22(28-14-18)21(26)25-12-11-15-5-3-4-6-19(15)20(25)16-7-9-17(23)10-8-16/h3-10,18,20,22,24H,2,11-14H2,1H3/t18?,20-,22?/m0/s1. The summed E-state index contributed by atoms with van der Waals surface area (Å²) >= 11 is 0. The quantitative estimate of drug-likeness (QED) is 0.881. The Morgan fingerprint density at radius 1 is 1.14 bits per heavy atom. The first kappa shape index (κ1) is 19.1. The number of likely N-dealkylation sites (N-methyl/N-ethyl adjacent to an activating group) is 1. The molecule has 0 unspecified atom stereocenters. The molecule has 0 spiro atoms. The van der Waals surface area contributed by atoms with E-state index in [1.165, 1.54) is 17.7 Å². The molecule has 148 valence electrons. The highest BCUT2D eigenvalue weighted by Gasteiger charge is 2.38. The Morgan fingerprint density at radius 2 is 1.86 bits per heavy atom. The fraction of sp³-hybridized carbons (Fsp3) is 0.409. The molecule has 2 aromatic rings. The van der Waals surface area contributed by atoms with Gasteiger partial charge in [0.05, 0.1) is 25.3 Å². The molecule has 6 heteroatoms. The summed E-state index contributed by atoms with van der Waals surface area (Å²) in [5, 5.41) is 3.27. The summed E-state index contributed by atoms with van der Waals surface area (Å²) in [4.78, 5) is 15.1. The Morgan fingerprint density at radius 3 is 2.57 bits per heavy atom. The largest absolute Gasteiger partial charge is 0.343 e. The normalized spacial score (nSPS) is 24.6. The van der Waals surface area contributed by atoms with Crippen molar-refractivity contribution < 1.29 is 18.7 Å². The van der Waals surface area contributed by atoms with Gasteiger partial charge in [-0.2, -0.15) is 0 Å². The molecule has 5 nitrogen and oxygen atoms in total. The van der Waals surface area contributed by atoms with E-state index in [1.54, 1.807) is 17.0 Å². The molecule has 0 aliphatic carbocycles. The topological polar surface area (TPSA) is 50.8 Å². The number of ether oxygens (including phenoxy) is 2. The molecule has 0 saturated carbocycles. The minimum Gasteiger partial charge on any atom is -0.343 e. The second-order valence-electron chi connectivity index (χ2n) is 7.19. The van der Waals surface area contributed by atoms with Gasteiger partial charge in [-0.15, -0.1) is 0 Å². The van der Waals surface area contributed by atoms with Crippen LogP contribution in [0, 0.1) is 5.82 Å². The zero-order valence-corrected chi connectivity index (χ0v) is 15.9. The van der Waals surface area contributed by atoms with Gasteiger partial charge in [-0.25, -0.2) is 4.39 Å². The molecule has 1 saturated heterocycles. The average Bonchev–Trinajstić information content (AvgIpc) is 2.74. The molecule has 1 amide bonds. The van der Waals surface area contributed by atoms with Crippen LogP contribution in [0.2, 0.25) is 0 Å². The molecule has 1 N–H and O–H groups in total. The van der Waals surface area contributed by atoms with E-state index < -0.39 is 6.29 Å². The molecule has 1 fully saturated rings. The summed E-state index contributed by atoms with van der Waals surface area (Å²) in [6, 6.07) is 14.3. The highest BCUT2D eigenvalue weighted by molar-refractivity contribution is 5.81. The number of hydrogen-bond acceptors (Lipinski definition) is 4. The molecule has 0 bridgehead atoms. The summed E-state index contributed by atoms with van der Waals surface area (Å²) in [5.74, 6) is -0.474. The van der Waals surface area contributed by atoms with Crippen molar-refractivity contribution in [1.29, 1.82) is 0 Å². The third-order valence-corrected chi connectivity index (χ3v) is 5.34. The first-order chi connectivity index (χ1) is 13.7. The van der Waals surface area contributed by atoms with E-state index in [1.807, 2.05) is 25.1 Å². The zero-order valence-electron chi connectivity index (χ0n) is 15.9. The molecule has 1 atom stereocenters. The van der Waals surface area contributed by atoms with E-state index in [2.05, 4.69) is 11.4 Å². The minimum atomic E-state index is -0.900. The van der Waals surface area contributed by atoms with E-state index in [0.29, 0.717) is 19.8 Å². The van der Waals surface area contributed by atoms with Gasteiger partial charge in [-0.3, -0.25) is 4.79 Å². The molecule has 4 rings (SSSR count). The highest BCUT2D eigenvalue weighted by Crippen LogP contribution is 2.36. The molecule has 0 radical (unpaired) electrons. The third kappa shape index (κ3) is 3.81. The van der Waals surface area contributed by atoms with Crippen LogP contribution in [0.3, 0.4) is 0 Å². The first-order valence-electron chi connectivity index (χ1n) is 9.77. The van der Waals surface area contributed by atoms with Crippen LogP contribution < -0.4 is 5.32 Å². The number of carbonyl (C=O) groups is 1. The van der Waals surface area contributed by atoms with Crippen molar-refractivity contribution in [3.05, 3.63) is 71.0 Å². The van der Waals surface area contributed by atoms with Crippen molar-refractivity contribution in [2.24, 2.45) is 0 Å². The Labute approximate surface area is 164 Å². The van der Waals surface area contributed by atoms with Gasteiger partial charge in [0.2, 0.25) is 6.29 Å². The van der Waals surface area contributed by atoms with Gasteiger partial charge in [0.1, 0.15) is 5.82 Å². The lowest BCUT2D eigenvalue weighted by atomic mass is 9.88. The van der Waals surface area contributed by atoms with E-state index in [-0.39, 0.29) is 23.8 Å². The fourth-order valence-electron chi connectivity index (χ4n) is 4.00. The maximum absolute atomic E-state index is 13.5. The summed E-state index contributed by atoms with van der Waals surface area (Å²) in [6.07, 6.45) is -0.130. The van der Waals surface area contributed by atoms with Gasteiger partial charge in [0, 0.05) is 6.54 Å². The van der Waals surface area contributed by atoms with Crippen molar-refractivity contribution in [3.63, 3.8) is 0 Å². The molecule has 0 aromatic heterocycles. The van der Waals surface area contributed by atoms with Gasteiger partial charge in [0.15, 0.2) is 0 Å². The number of amides is 1. The molecule has 2 aromatic carbocycles. The predicted octanol–water partition coefficient (Wildman–Crippen LogP) is 2.65. The van der Waals surface area contributed by atoms with E-state index in [0.717, 1.165) is 24.1 Å². The third-order valence-electron chi connectivity index (χ3n) is 5.34. The van der Waals surface area contributed by atoms with Crippen molar-refractivity contribution in [1.82, 2.24) is 10.2 Å². The van der Waals surface area contributed by atoms with Crippen LogP contribution in [-0.4, -0.2) is 49.4 Å². The molecule has 2 aliphatic heterocycles. The first-order valence-corrected chi connectivity index (χ1v) is 9.77. The van der Waals surface area contributed by atoms with Crippen molar-refractivity contribution in [3.8, 4) is 0 Å². The zero-order chi connectivity index (χ0) is 19.5. The number of nitrogens with zero attached hydrogens (tertiary/aromatic N) is 1. The Hall–Kier alpha value is -2.28. The van der Waals surface area contributed by atoms with E-state index >= 15 is 0 Å². The fourth-order valence-corrected chi connectivity index (χ4v) is 4.00. The lowest BCUT2D eigenvalue weighted by Crippen LogP contribution is -2.52. The highest BCUT2D eigenvalue weighted by atomic mass is 19.1.